The van der Waals surface area contributed by atoms with Crippen LogP contribution >= 0.6 is 0 Å². The molecule has 6 nitrogen and oxygen atoms in total. The van der Waals surface area contributed by atoms with E-state index in [9.17, 15) is 4.79 Å². The van der Waals surface area contributed by atoms with E-state index >= 15 is 0 Å². The minimum absolute atomic E-state index is 0.264. The van der Waals surface area contributed by atoms with Gasteiger partial charge in [-0.25, -0.2) is 5.43 Å². The van der Waals surface area contributed by atoms with Crippen molar-refractivity contribution in [3.8, 4) is 12.1 Å². The molecule has 0 radical (unpaired) electrons. The van der Waals surface area contributed by atoms with Crippen molar-refractivity contribution >= 4 is 17.8 Å². The molecule has 0 saturated carbocycles. The second-order valence-electron chi connectivity index (χ2n) is 5.91. The van der Waals surface area contributed by atoms with Crippen LogP contribution in [0.5, 0.6) is 0 Å². The molecular formula is C21H21N5O. The van der Waals surface area contributed by atoms with Crippen LogP contribution < -0.4 is 10.3 Å². The topological polar surface area (TPSA) is 92.3 Å². The predicted molar refractivity (Wildman–Crippen MR) is 105 cm³/mol. The number of anilines is 1. The maximum absolute atomic E-state index is 12.0. The molecule has 0 aliphatic heterocycles. The number of rotatable bonds is 8. The summed E-state index contributed by atoms with van der Waals surface area (Å²) in [6, 6.07) is 19.0. The van der Waals surface area contributed by atoms with E-state index in [0.717, 1.165) is 16.8 Å². The molecule has 0 saturated heterocycles. The highest BCUT2D eigenvalue weighted by Crippen LogP contribution is 2.19. The number of carbonyl (C=O) groups is 1. The van der Waals surface area contributed by atoms with E-state index < -0.39 is 0 Å². The number of benzene rings is 2. The van der Waals surface area contributed by atoms with Crippen molar-refractivity contribution in [2.75, 3.05) is 18.0 Å². The van der Waals surface area contributed by atoms with Gasteiger partial charge in [-0.05, 0) is 42.3 Å². The van der Waals surface area contributed by atoms with Crippen LogP contribution in [0, 0.1) is 29.6 Å². The molecule has 27 heavy (non-hydrogen) atoms. The van der Waals surface area contributed by atoms with E-state index in [0.29, 0.717) is 31.5 Å². The van der Waals surface area contributed by atoms with Gasteiger partial charge < -0.3 is 4.90 Å². The first-order valence-electron chi connectivity index (χ1n) is 8.63. The van der Waals surface area contributed by atoms with Crippen LogP contribution in [0.15, 0.2) is 53.6 Å². The maximum Gasteiger partial charge on any atom is 0.271 e. The van der Waals surface area contributed by atoms with Gasteiger partial charge in [0.05, 0.1) is 31.2 Å². The first kappa shape index (κ1) is 19.7. The number of aryl methyl sites for hydroxylation is 1. The number of nitrogens with zero attached hydrogens (tertiary/aromatic N) is 4. The van der Waals surface area contributed by atoms with Crippen LogP contribution in [-0.2, 0) is 0 Å². The molecule has 1 N–H and O–H groups in total. The quantitative estimate of drug-likeness (QED) is 0.577. The third-order valence-corrected chi connectivity index (χ3v) is 4.01. The number of nitriles is 2. The third-order valence-electron chi connectivity index (χ3n) is 4.01. The van der Waals surface area contributed by atoms with E-state index in [1.54, 1.807) is 30.5 Å². The van der Waals surface area contributed by atoms with Gasteiger partial charge in [0.25, 0.3) is 5.91 Å². The van der Waals surface area contributed by atoms with Gasteiger partial charge in [-0.1, -0.05) is 24.3 Å². The molecule has 2 rings (SSSR count). The summed E-state index contributed by atoms with van der Waals surface area (Å²) in [6.07, 6.45) is 2.41. The van der Waals surface area contributed by atoms with Gasteiger partial charge in [0, 0.05) is 24.3 Å². The molecule has 0 aliphatic rings. The van der Waals surface area contributed by atoms with E-state index in [2.05, 4.69) is 22.7 Å². The highest BCUT2D eigenvalue weighted by Gasteiger charge is 2.08. The first-order chi connectivity index (χ1) is 13.2. The maximum atomic E-state index is 12.0. The van der Waals surface area contributed by atoms with E-state index in [-0.39, 0.29) is 5.91 Å². The van der Waals surface area contributed by atoms with Crippen molar-refractivity contribution in [2.45, 2.75) is 19.8 Å². The van der Waals surface area contributed by atoms with E-state index in [4.69, 9.17) is 10.5 Å². The van der Waals surface area contributed by atoms with Crippen molar-refractivity contribution in [3.63, 3.8) is 0 Å². The lowest BCUT2D eigenvalue weighted by atomic mass is 10.1. The fourth-order valence-corrected chi connectivity index (χ4v) is 2.56. The molecular weight excluding hydrogens is 338 g/mol. The van der Waals surface area contributed by atoms with Gasteiger partial charge in [-0.3, -0.25) is 4.79 Å². The van der Waals surface area contributed by atoms with Gasteiger partial charge in [-0.2, -0.15) is 15.6 Å². The molecule has 0 atom stereocenters. The van der Waals surface area contributed by atoms with Crippen LogP contribution in [0.4, 0.5) is 5.69 Å². The summed E-state index contributed by atoms with van der Waals surface area (Å²) in [5.41, 5.74) is 5.90. The average Bonchev–Trinajstić information content (AvgIpc) is 2.70. The Labute approximate surface area is 159 Å². The van der Waals surface area contributed by atoms with Crippen LogP contribution in [0.2, 0.25) is 0 Å². The molecule has 0 aliphatic carbocycles. The lowest BCUT2D eigenvalue weighted by Gasteiger charge is -2.23. The Morgan fingerprint density at radius 2 is 1.78 bits per heavy atom. The van der Waals surface area contributed by atoms with Gasteiger partial charge >= 0.3 is 0 Å². The standard InChI is InChI=1S/C21H21N5O/c1-17-15-20(26(13-5-11-22)14-6-12-23)10-9-19(17)16-24-25-21(27)18-7-3-2-4-8-18/h2-4,7-10,15-16H,5-6,13-14H2,1H3,(H,25,27)/b24-16+. The first-order valence-corrected chi connectivity index (χ1v) is 8.63. The molecule has 0 aromatic heterocycles. The van der Waals surface area contributed by atoms with Gasteiger partial charge in [-0.15, -0.1) is 0 Å². The van der Waals surface area contributed by atoms with Crippen molar-refractivity contribution in [1.29, 1.82) is 10.5 Å². The minimum atomic E-state index is -0.264. The summed E-state index contributed by atoms with van der Waals surface area (Å²) in [5.74, 6) is -0.264. The van der Waals surface area contributed by atoms with Crippen molar-refractivity contribution in [1.82, 2.24) is 5.43 Å². The zero-order chi connectivity index (χ0) is 19.5. The zero-order valence-electron chi connectivity index (χ0n) is 15.2. The highest BCUT2D eigenvalue weighted by atomic mass is 16.2. The molecule has 0 heterocycles. The Bertz CT molecular complexity index is 860. The van der Waals surface area contributed by atoms with E-state index in [1.165, 1.54) is 0 Å². The number of hydrogen-bond acceptors (Lipinski definition) is 5. The molecule has 6 heteroatoms. The Balaban J connectivity index is 2.05. The van der Waals surface area contributed by atoms with Crippen LogP contribution in [0.3, 0.4) is 0 Å². The summed E-state index contributed by atoms with van der Waals surface area (Å²) >= 11 is 0. The summed E-state index contributed by atoms with van der Waals surface area (Å²) < 4.78 is 0. The molecule has 0 unspecified atom stereocenters. The second kappa shape index (κ2) is 10.4. The largest absolute Gasteiger partial charge is 0.369 e. The second-order valence-corrected chi connectivity index (χ2v) is 5.91. The van der Waals surface area contributed by atoms with E-state index in [1.807, 2.05) is 36.1 Å². The minimum Gasteiger partial charge on any atom is -0.369 e. The zero-order valence-corrected chi connectivity index (χ0v) is 15.2. The Morgan fingerprint density at radius 1 is 1.11 bits per heavy atom. The number of hydrazone groups is 1. The Morgan fingerprint density at radius 3 is 2.37 bits per heavy atom. The van der Waals surface area contributed by atoms with Crippen LogP contribution in [0.1, 0.15) is 34.3 Å². The molecule has 1 amide bonds. The Kier molecular flexibility index (Phi) is 7.56. The lowest BCUT2D eigenvalue weighted by molar-refractivity contribution is 0.0955. The fraction of sp³-hybridized carbons (Fsp3) is 0.238. The molecule has 0 bridgehead atoms. The molecule has 0 spiro atoms. The average molecular weight is 359 g/mol. The smallest absolute Gasteiger partial charge is 0.271 e. The summed E-state index contributed by atoms with van der Waals surface area (Å²) in [7, 11) is 0. The SMILES string of the molecule is Cc1cc(N(CCC#N)CCC#N)ccc1/C=N/NC(=O)c1ccccc1. The van der Waals surface area contributed by atoms with Gasteiger partial charge in [0.2, 0.25) is 0 Å². The summed E-state index contributed by atoms with van der Waals surface area (Å²) in [4.78, 5) is 14.0. The molecule has 136 valence electrons. The van der Waals surface area contributed by atoms with Crippen LogP contribution in [-0.4, -0.2) is 25.2 Å². The predicted octanol–water partition coefficient (Wildman–Crippen LogP) is 3.39. The normalized spacial score (nSPS) is 10.2. The van der Waals surface area contributed by atoms with Crippen LogP contribution in [0.25, 0.3) is 0 Å². The summed E-state index contributed by atoms with van der Waals surface area (Å²) in [5, 5.41) is 21.7. The fourth-order valence-electron chi connectivity index (χ4n) is 2.56. The number of nitrogens with one attached hydrogen (secondary N) is 1. The van der Waals surface area contributed by atoms with Gasteiger partial charge in [0.15, 0.2) is 0 Å². The molecule has 0 fully saturated rings. The monoisotopic (exact) mass is 359 g/mol. The molecule has 2 aromatic rings. The Hall–Kier alpha value is -3.64. The third kappa shape index (κ3) is 5.98. The summed E-state index contributed by atoms with van der Waals surface area (Å²) in [6.45, 7) is 3.12. The van der Waals surface area contributed by atoms with Gasteiger partial charge in [0.1, 0.15) is 0 Å². The molecule has 2 aromatic carbocycles. The number of carbonyl (C=O) groups excluding carboxylic acids is 1. The van der Waals surface area contributed by atoms with Crippen molar-refractivity contribution < 1.29 is 4.79 Å². The highest BCUT2D eigenvalue weighted by molar-refractivity contribution is 5.95. The van der Waals surface area contributed by atoms with Crippen molar-refractivity contribution in [3.05, 3.63) is 65.2 Å². The van der Waals surface area contributed by atoms with Crippen molar-refractivity contribution in [2.24, 2.45) is 5.10 Å². The lowest BCUT2D eigenvalue weighted by Crippen LogP contribution is -2.25. The number of amides is 1. The number of hydrogen-bond donors (Lipinski definition) is 1.